The Labute approximate surface area is 76.0 Å². The van der Waals surface area contributed by atoms with E-state index in [1.54, 1.807) is 12.3 Å². The van der Waals surface area contributed by atoms with E-state index in [1.807, 2.05) is 0 Å². The van der Waals surface area contributed by atoms with Gasteiger partial charge in [-0.2, -0.15) is 0 Å². The molecule has 1 aliphatic rings. The van der Waals surface area contributed by atoms with Crippen LogP contribution in [-0.2, 0) is 0 Å². The number of pyridine rings is 1. The van der Waals surface area contributed by atoms with Crippen LogP contribution in [0.5, 0.6) is 0 Å². The predicted molar refractivity (Wildman–Crippen MR) is 48.8 cm³/mol. The highest BCUT2D eigenvalue weighted by Crippen LogP contribution is 2.29. The van der Waals surface area contributed by atoms with Crippen molar-refractivity contribution in [3.8, 4) is 0 Å². The Hall–Kier alpha value is -0.890. The highest BCUT2D eigenvalue weighted by Gasteiger charge is 2.21. The number of hydrogen-bond donors (Lipinski definition) is 0. The van der Waals surface area contributed by atoms with Gasteiger partial charge in [-0.05, 0) is 38.0 Å². The van der Waals surface area contributed by atoms with Crippen LogP contribution in [0.2, 0.25) is 0 Å². The molecule has 2 rings (SSSR count). The fraction of sp³-hybridized carbons (Fsp3) is 0.500. The maximum atomic E-state index is 7.52. The summed E-state index contributed by atoms with van der Waals surface area (Å²) in [5.74, 6) is 0. The molecule has 2 heteroatoms. The largest absolute Gasteiger partial charge is 0.299 e. The lowest BCUT2D eigenvalue weighted by atomic mass is 10.1. The molecule has 1 fully saturated rings. The van der Waals surface area contributed by atoms with Crippen molar-refractivity contribution < 1.29 is 2.74 Å². The van der Waals surface area contributed by atoms with Crippen molar-refractivity contribution in [3.05, 3.63) is 30.0 Å². The Bertz CT molecular complexity index is 341. The van der Waals surface area contributed by atoms with Crippen LogP contribution in [0.3, 0.4) is 0 Å². The van der Waals surface area contributed by atoms with Crippen LogP contribution in [0.1, 0.15) is 27.2 Å². The molecule has 64 valence electrons. The molecule has 0 N–H and O–H groups in total. The van der Waals surface area contributed by atoms with E-state index in [0.29, 0.717) is 6.04 Å². The van der Waals surface area contributed by atoms with E-state index in [9.17, 15) is 0 Å². The molecule has 0 spiro atoms. The topological polar surface area (TPSA) is 16.1 Å². The van der Waals surface area contributed by atoms with Crippen molar-refractivity contribution in [1.29, 1.82) is 0 Å². The summed E-state index contributed by atoms with van der Waals surface area (Å²) in [7, 11) is 2.09. The summed E-state index contributed by atoms with van der Waals surface area (Å²) in [6, 6.07) is 2.39. The maximum absolute atomic E-state index is 7.52. The van der Waals surface area contributed by atoms with Crippen molar-refractivity contribution in [3.63, 3.8) is 0 Å². The van der Waals surface area contributed by atoms with E-state index in [1.165, 1.54) is 6.42 Å². The fourth-order valence-electron chi connectivity index (χ4n) is 1.81. The second-order valence-corrected chi connectivity index (χ2v) is 3.30. The van der Waals surface area contributed by atoms with Gasteiger partial charge in [-0.1, -0.05) is 6.07 Å². The van der Waals surface area contributed by atoms with Gasteiger partial charge in [-0.25, -0.2) is 0 Å². The first kappa shape index (κ1) is 5.70. The number of nitrogens with zero attached hydrogens (tertiary/aromatic N) is 2. The SMILES string of the molecule is [2H]c1cc([C@@H]2CCCN2C)cnc1[2H]. The van der Waals surface area contributed by atoms with Crippen LogP contribution in [-0.4, -0.2) is 23.5 Å². The van der Waals surface area contributed by atoms with Crippen LogP contribution in [0.25, 0.3) is 0 Å². The van der Waals surface area contributed by atoms with E-state index < -0.39 is 0 Å². The van der Waals surface area contributed by atoms with Gasteiger partial charge >= 0.3 is 0 Å². The fourth-order valence-corrected chi connectivity index (χ4v) is 1.81. The van der Waals surface area contributed by atoms with Gasteiger partial charge in [0.15, 0.2) is 0 Å². The van der Waals surface area contributed by atoms with Gasteiger partial charge in [-0.15, -0.1) is 0 Å². The zero-order valence-electron chi connectivity index (χ0n) is 9.25. The van der Waals surface area contributed by atoms with Crippen LogP contribution < -0.4 is 0 Å². The molecular formula is C10H14N2. The standard InChI is InChI=1S/C10H14N2/c1-12-7-3-5-10(12)9-4-2-6-11-8-9/h2,4,6,8,10H,3,5,7H2,1H3/t10-/m0/s1/i2D,6D. The lowest BCUT2D eigenvalue weighted by Gasteiger charge is -2.18. The van der Waals surface area contributed by atoms with Crippen LogP contribution in [0.15, 0.2) is 24.5 Å². The first-order valence-electron chi connectivity index (χ1n) is 5.32. The number of rotatable bonds is 1. The van der Waals surface area contributed by atoms with E-state index in [2.05, 4.69) is 16.9 Å². The minimum Gasteiger partial charge on any atom is -0.299 e. The first-order valence-corrected chi connectivity index (χ1v) is 4.32. The maximum Gasteiger partial charge on any atom is 0.0840 e. The lowest BCUT2D eigenvalue weighted by Crippen LogP contribution is -2.17. The molecule has 0 unspecified atom stereocenters. The smallest absolute Gasteiger partial charge is 0.0840 e. The monoisotopic (exact) mass is 164 g/mol. The summed E-state index contributed by atoms with van der Waals surface area (Å²) in [6.45, 7) is 1.11. The third kappa shape index (κ3) is 1.34. The highest BCUT2D eigenvalue weighted by atomic mass is 15.1. The second-order valence-electron chi connectivity index (χ2n) is 3.30. The Morgan fingerprint density at radius 3 is 3.33 bits per heavy atom. The molecular weight excluding hydrogens is 148 g/mol. The molecule has 1 aliphatic heterocycles. The molecule has 12 heavy (non-hydrogen) atoms. The predicted octanol–water partition coefficient (Wildman–Crippen LogP) is 1.85. The first-order chi connectivity index (χ1) is 6.68. The average molecular weight is 164 g/mol. The summed E-state index contributed by atoms with van der Waals surface area (Å²) >= 11 is 0. The van der Waals surface area contributed by atoms with Gasteiger partial charge in [0.1, 0.15) is 0 Å². The van der Waals surface area contributed by atoms with E-state index in [4.69, 9.17) is 2.74 Å². The third-order valence-corrected chi connectivity index (χ3v) is 2.49. The van der Waals surface area contributed by atoms with Crippen LogP contribution in [0, 0.1) is 0 Å². The van der Waals surface area contributed by atoms with Crippen molar-refractivity contribution in [2.24, 2.45) is 0 Å². The van der Waals surface area contributed by atoms with Crippen molar-refractivity contribution in [1.82, 2.24) is 9.88 Å². The van der Waals surface area contributed by atoms with Gasteiger partial charge in [-0.3, -0.25) is 9.88 Å². The van der Waals surface area contributed by atoms with Crippen molar-refractivity contribution in [2.45, 2.75) is 18.9 Å². The summed E-state index contributed by atoms with van der Waals surface area (Å²) in [5.41, 5.74) is 1.08. The van der Waals surface area contributed by atoms with Crippen molar-refractivity contribution >= 4 is 0 Å². The highest BCUT2D eigenvalue weighted by molar-refractivity contribution is 5.14. The number of aromatic nitrogens is 1. The molecule has 0 saturated carbocycles. The van der Waals surface area contributed by atoms with Gasteiger partial charge in [0, 0.05) is 18.4 Å². The molecule has 0 aliphatic carbocycles. The molecule has 2 nitrogen and oxygen atoms in total. The summed E-state index contributed by atoms with van der Waals surface area (Å²) in [6.07, 6.45) is 4.13. The van der Waals surface area contributed by atoms with Crippen LogP contribution in [0.4, 0.5) is 0 Å². The van der Waals surface area contributed by atoms with Gasteiger partial charge < -0.3 is 0 Å². The Kier molecular flexibility index (Phi) is 1.54. The Balaban J connectivity index is 2.28. The van der Waals surface area contributed by atoms with Gasteiger partial charge in [0.2, 0.25) is 0 Å². The molecule has 2 heterocycles. The molecule has 0 amide bonds. The van der Waals surface area contributed by atoms with Gasteiger partial charge in [0.05, 0.1) is 2.74 Å². The third-order valence-electron chi connectivity index (χ3n) is 2.49. The Morgan fingerprint density at radius 1 is 1.75 bits per heavy atom. The second kappa shape index (κ2) is 3.23. The normalized spacial score (nSPS) is 26.9. The number of hydrogen-bond acceptors (Lipinski definition) is 2. The minimum atomic E-state index is 0.0643. The van der Waals surface area contributed by atoms with Gasteiger partial charge in [0.25, 0.3) is 0 Å². The molecule has 0 bridgehead atoms. The lowest BCUT2D eigenvalue weighted by molar-refractivity contribution is 0.317. The molecule has 1 aromatic heterocycles. The molecule has 1 aromatic rings. The van der Waals surface area contributed by atoms with E-state index in [-0.39, 0.29) is 12.2 Å². The van der Waals surface area contributed by atoms with Crippen LogP contribution >= 0.6 is 0 Å². The molecule has 0 radical (unpaired) electrons. The quantitative estimate of drug-likeness (QED) is 0.629. The number of likely N-dealkylation sites (tertiary alicyclic amines) is 1. The minimum absolute atomic E-state index is 0.0643. The van der Waals surface area contributed by atoms with Crippen molar-refractivity contribution in [2.75, 3.05) is 13.6 Å². The zero-order valence-corrected chi connectivity index (χ0v) is 7.25. The summed E-state index contributed by atoms with van der Waals surface area (Å²) in [4.78, 5) is 6.19. The average Bonchev–Trinajstić information content (AvgIpc) is 2.57. The van der Waals surface area contributed by atoms with E-state index in [0.717, 1.165) is 18.5 Å². The zero-order chi connectivity index (χ0) is 10.1. The Morgan fingerprint density at radius 2 is 2.67 bits per heavy atom. The van der Waals surface area contributed by atoms with E-state index >= 15 is 0 Å². The molecule has 0 aromatic carbocycles. The molecule has 1 saturated heterocycles. The summed E-state index contributed by atoms with van der Waals surface area (Å²) in [5, 5.41) is 0. The summed E-state index contributed by atoms with van der Waals surface area (Å²) < 4.78 is 14.8. The molecule has 1 atom stereocenters.